The molecule has 0 aromatic heterocycles. The van der Waals surface area contributed by atoms with Gasteiger partial charge in [0.2, 0.25) is 0 Å². The van der Waals surface area contributed by atoms with Crippen molar-refractivity contribution >= 4 is 52.2 Å². The van der Waals surface area contributed by atoms with Crippen LogP contribution in [0.2, 0.25) is 20.1 Å². The topological polar surface area (TPSA) is 17.1 Å². The Morgan fingerprint density at radius 3 is 2.07 bits per heavy atom. The fourth-order valence-electron chi connectivity index (χ4n) is 1.06. The zero-order valence-corrected chi connectivity index (χ0v) is 11.1. The smallest absolute Gasteiger partial charge is 0.166 e. The van der Waals surface area contributed by atoms with Crippen molar-refractivity contribution in [3.63, 3.8) is 0 Å². The molecule has 0 saturated carbocycles. The Bertz CT molecular complexity index is 412. The van der Waals surface area contributed by atoms with Crippen molar-refractivity contribution in [2.45, 2.75) is 13.8 Å². The summed E-state index contributed by atoms with van der Waals surface area (Å²) in [5, 5.41) is 0.679. The summed E-state index contributed by atoms with van der Waals surface area (Å²) in [6.45, 7) is 3.55. The lowest BCUT2D eigenvalue weighted by molar-refractivity contribution is 0.0939. The number of hydrogen-bond acceptors (Lipinski definition) is 1. The molecule has 0 fully saturated rings. The summed E-state index contributed by atoms with van der Waals surface area (Å²) in [4.78, 5) is 11.7. The SMILES string of the molecule is CC(C)C(=O)c1cc(Cl)c(Cl)c(Cl)c1Cl. The van der Waals surface area contributed by atoms with Gasteiger partial charge in [-0.2, -0.15) is 0 Å². The van der Waals surface area contributed by atoms with Gasteiger partial charge in [0.15, 0.2) is 5.78 Å². The zero-order chi connectivity index (χ0) is 11.7. The van der Waals surface area contributed by atoms with Crippen LogP contribution >= 0.6 is 46.4 Å². The van der Waals surface area contributed by atoms with E-state index < -0.39 is 0 Å². The van der Waals surface area contributed by atoms with Crippen LogP contribution in [0.4, 0.5) is 0 Å². The van der Waals surface area contributed by atoms with Crippen LogP contribution < -0.4 is 0 Å². The maximum absolute atomic E-state index is 11.7. The lowest BCUT2D eigenvalue weighted by Gasteiger charge is -2.10. The van der Waals surface area contributed by atoms with Gasteiger partial charge >= 0.3 is 0 Å². The summed E-state index contributed by atoms with van der Waals surface area (Å²) in [7, 11) is 0. The number of Topliss-reactive ketones (excluding diaryl/α,β-unsaturated/α-hetero) is 1. The predicted molar refractivity (Wildman–Crippen MR) is 65.7 cm³/mol. The van der Waals surface area contributed by atoms with E-state index >= 15 is 0 Å². The van der Waals surface area contributed by atoms with Crippen LogP contribution in [0.1, 0.15) is 24.2 Å². The highest BCUT2D eigenvalue weighted by Gasteiger charge is 2.19. The minimum Gasteiger partial charge on any atom is -0.294 e. The number of rotatable bonds is 2. The molecular weight excluding hydrogens is 278 g/mol. The summed E-state index contributed by atoms with van der Waals surface area (Å²) in [5.41, 5.74) is 0.311. The van der Waals surface area contributed by atoms with E-state index in [0.717, 1.165) is 0 Å². The predicted octanol–water partition coefficient (Wildman–Crippen LogP) is 5.14. The zero-order valence-electron chi connectivity index (χ0n) is 8.07. The van der Waals surface area contributed by atoms with E-state index in [9.17, 15) is 4.79 Å². The Labute approximate surface area is 108 Å². The van der Waals surface area contributed by atoms with E-state index in [-0.39, 0.29) is 31.8 Å². The highest BCUT2D eigenvalue weighted by Crippen LogP contribution is 2.38. The van der Waals surface area contributed by atoms with Crippen LogP contribution in [-0.4, -0.2) is 5.78 Å². The molecule has 5 heteroatoms. The van der Waals surface area contributed by atoms with Gasteiger partial charge in [0.25, 0.3) is 0 Å². The van der Waals surface area contributed by atoms with Crippen LogP contribution in [0.15, 0.2) is 6.07 Å². The Morgan fingerprint density at radius 2 is 1.60 bits per heavy atom. The summed E-state index contributed by atoms with van der Waals surface area (Å²) in [6, 6.07) is 1.44. The van der Waals surface area contributed by atoms with Crippen molar-refractivity contribution < 1.29 is 4.79 Å². The van der Waals surface area contributed by atoms with Crippen molar-refractivity contribution in [3.05, 3.63) is 31.7 Å². The molecule has 0 heterocycles. The maximum Gasteiger partial charge on any atom is 0.166 e. The first kappa shape index (κ1) is 13.1. The Morgan fingerprint density at radius 1 is 1.07 bits per heavy atom. The number of benzene rings is 1. The van der Waals surface area contributed by atoms with Gasteiger partial charge in [-0.1, -0.05) is 60.3 Å². The van der Waals surface area contributed by atoms with Gasteiger partial charge in [0.1, 0.15) is 0 Å². The number of ketones is 1. The average molecular weight is 286 g/mol. The van der Waals surface area contributed by atoms with Crippen LogP contribution in [-0.2, 0) is 0 Å². The quantitative estimate of drug-likeness (QED) is 0.418. The largest absolute Gasteiger partial charge is 0.294 e. The second-order valence-electron chi connectivity index (χ2n) is 3.37. The Hall–Kier alpha value is 0.0500. The van der Waals surface area contributed by atoms with Crippen LogP contribution in [0.3, 0.4) is 0 Å². The van der Waals surface area contributed by atoms with Gasteiger partial charge in [0.05, 0.1) is 20.1 Å². The van der Waals surface area contributed by atoms with Crippen LogP contribution in [0.25, 0.3) is 0 Å². The van der Waals surface area contributed by atoms with Crippen molar-refractivity contribution in [1.29, 1.82) is 0 Å². The lowest BCUT2D eigenvalue weighted by Crippen LogP contribution is -2.08. The van der Waals surface area contributed by atoms with Gasteiger partial charge < -0.3 is 0 Å². The number of carbonyl (C=O) groups is 1. The molecule has 1 nitrogen and oxygen atoms in total. The minimum atomic E-state index is -0.171. The lowest BCUT2D eigenvalue weighted by atomic mass is 10.0. The van der Waals surface area contributed by atoms with E-state index in [1.165, 1.54) is 6.07 Å². The van der Waals surface area contributed by atoms with E-state index in [1.807, 2.05) is 0 Å². The highest BCUT2D eigenvalue weighted by molar-refractivity contribution is 6.52. The first-order valence-corrected chi connectivity index (χ1v) is 5.74. The first-order chi connectivity index (χ1) is 6.86. The summed E-state index contributed by atoms with van der Waals surface area (Å²) in [6.07, 6.45) is 0. The summed E-state index contributed by atoms with van der Waals surface area (Å²) in [5.74, 6) is -0.281. The third-order valence-corrected chi connectivity index (χ3v) is 3.64. The molecule has 0 saturated heterocycles. The van der Waals surface area contributed by atoms with Gasteiger partial charge in [-0.3, -0.25) is 4.79 Å². The molecule has 0 spiro atoms. The molecule has 0 unspecified atom stereocenters. The summed E-state index contributed by atoms with van der Waals surface area (Å²) < 4.78 is 0. The van der Waals surface area contributed by atoms with Gasteiger partial charge in [0, 0.05) is 11.5 Å². The first-order valence-electron chi connectivity index (χ1n) is 4.23. The molecule has 1 aromatic carbocycles. The second kappa shape index (κ2) is 4.92. The molecule has 0 radical (unpaired) electrons. The molecule has 0 atom stereocenters. The van der Waals surface area contributed by atoms with Gasteiger partial charge in [-0.15, -0.1) is 0 Å². The monoisotopic (exact) mass is 284 g/mol. The van der Waals surface area contributed by atoms with E-state index in [0.29, 0.717) is 5.56 Å². The third kappa shape index (κ3) is 2.59. The average Bonchev–Trinajstić information content (AvgIpc) is 2.19. The molecule has 0 N–H and O–H groups in total. The molecule has 15 heavy (non-hydrogen) atoms. The molecular formula is C10H8Cl4O. The Balaban J connectivity index is 3.39. The molecule has 0 aliphatic carbocycles. The fourth-order valence-corrected chi connectivity index (χ4v) is 1.96. The fraction of sp³-hybridized carbons (Fsp3) is 0.300. The third-order valence-electron chi connectivity index (χ3n) is 1.89. The molecule has 0 aliphatic rings. The van der Waals surface area contributed by atoms with Crippen molar-refractivity contribution in [2.75, 3.05) is 0 Å². The van der Waals surface area contributed by atoms with Crippen LogP contribution in [0, 0.1) is 5.92 Å². The van der Waals surface area contributed by atoms with Crippen molar-refractivity contribution in [3.8, 4) is 0 Å². The second-order valence-corrected chi connectivity index (χ2v) is 4.91. The van der Waals surface area contributed by atoms with Crippen molar-refractivity contribution in [1.82, 2.24) is 0 Å². The van der Waals surface area contributed by atoms with Crippen LogP contribution in [0.5, 0.6) is 0 Å². The maximum atomic E-state index is 11.7. The van der Waals surface area contributed by atoms with Gasteiger partial charge in [-0.05, 0) is 6.07 Å². The van der Waals surface area contributed by atoms with E-state index in [4.69, 9.17) is 46.4 Å². The molecule has 82 valence electrons. The van der Waals surface area contributed by atoms with E-state index in [2.05, 4.69) is 0 Å². The molecule has 0 aliphatic heterocycles. The normalized spacial score (nSPS) is 10.9. The number of hydrogen-bond donors (Lipinski definition) is 0. The minimum absolute atomic E-state index is 0.111. The summed E-state index contributed by atoms with van der Waals surface area (Å²) >= 11 is 23.3. The molecule has 1 aromatic rings. The van der Waals surface area contributed by atoms with Crippen molar-refractivity contribution in [2.24, 2.45) is 5.92 Å². The van der Waals surface area contributed by atoms with E-state index in [1.54, 1.807) is 13.8 Å². The van der Waals surface area contributed by atoms with Gasteiger partial charge in [-0.25, -0.2) is 0 Å². The Kier molecular flexibility index (Phi) is 4.30. The highest BCUT2D eigenvalue weighted by atomic mass is 35.5. The molecule has 0 bridgehead atoms. The molecule has 0 amide bonds. The standard InChI is InChI=1S/C10H8Cl4O/c1-4(2)10(15)5-3-6(11)8(13)9(14)7(5)12/h3-4H,1-2H3. The number of carbonyl (C=O) groups excluding carboxylic acids is 1. The number of halogens is 4. The molecule has 1 rings (SSSR count).